The number of anilines is 2. The van der Waals surface area contributed by atoms with E-state index in [1.807, 2.05) is 26.0 Å². The number of methoxy groups -OCH3 is 1. The number of ether oxygens (including phenoxy) is 2. The van der Waals surface area contributed by atoms with Crippen molar-refractivity contribution in [1.29, 1.82) is 0 Å². The molecule has 0 fully saturated rings. The second kappa shape index (κ2) is 10.8. The van der Waals surface area contributed by atoms with Crippen molar-refractivity contribution in [1.82, 2.24) is 0 Å². The van der Waals surface area contributed by atoms with E-state index in [9.17, 15) is 19.2 Å². The van der Waals surface area contributed by atoms with E-state index in [-0.39, 0.29) is 12.8 Å². The van der Waals surface area contributed by atoms with Gasteiger partial charge in [-0.05, 0) is 55.3 Å². The number of amides is 2. The van der Waals surface area contributed by atoms with Gasteiger partial charge in [0, 0.05) is 17.8 Å². The first-order chi connectivity index (χ1) is 14.3. The Morgan fingerprint density at radius 2 is 1.57 bits per heavy atom. The largest absolute Gasteiger partial charge is 0.465 e. The lowest BCUT2D eigenvalue weighted by atomic mass is 10.1. The summed E-state index contributed by atoms with van der Waals surface area (Å²) in [5, 5.41) is 5.30. The highest BCUT2D eigenvalue weighted by atomic mass is 16.5. The zero-order valence-corrected chi connectivity index (χ0v) is 17.1. The molecule has 0 aliphatic rings. The van der Waals surface area contributed by atoms with Gasteiger partial charge in [0.2, 0.25) is 5.91 Å². The summed E-state index contributed by atoms with van der Waals surface area (Å²) in [4.78, 5) is 47.1. The quantitative estimate of drug-likeness (QED) is 0.645. The summed E-state index contributed by atoms with van der Waals surface area (Å²) in [6, 6.07) is 11.7. The van der Waals surface area contributed by atoms with Crippen LogP contribution in [0.15, 0.2) is 42.5 Å². The number of hydrogen-bond acceptors (Lipinski definition) is 6. The number of hydrogen-bond donors (Lipinski definition) is 2. The van der Waals surface area contributed by atoms with E-state index >= 15 is 0 Å². The van der Waals surface area contributed by atoms with Crippen LogP contribution in [0.5, 0.6) is 0 Å². The normalized spacial score (nSPS) is 10.1. The molecule has 0 aromatic heterocycles. The summed E-state index contributed by atoms with van der Waals surface area (Å²) >= 11 is 0. The van der Waals surface area contributed by atoms with Gasteiger partial charge in [-0.2, -0.15) is 0 Å². The van der Waals surface area contributed by atoms with E-state index in [0.29, 0.717) is 16.9 Å². The van der Waals surface area contributed by atoms with Crippen LogP contribution in [0.1, 0.15) is 34.3 Å². The minimum atomic E-state index is -0.651. The molecule has 8 nitrogen and oxygen atoms in total. The summed E-state index contributed by atoms with van der Waals surface area (Å²) < 4.78 is 9.52. The van der Waals surface area contributed by atoms with Gasteiger partial charge < -0.3 is 20.1 Å². The molecule has 8 heteroatoms. The van der Waals surface area contributed by atoms with Crippen LogP contribution >= 0.6 is 0 Å². The molecular formula is C22H24N2O6. The predicted octanol–water partition coefficient (Wildman–Crippen LogP) is 2.99. The van der Waals surface area contributed by atoms with Gasteiger partial charge in [0.05, 0.1) is 19.1 Å². The van der Waals surface area contributed by atoms with E-state index in [4.69, 9.17) is 4.74 Å². The maximum absolute atomic E-state index is 12.0. The molecule has 2 aromatic rings. The van der Waals surface area contributed by atoms with Crippen LogP contribution in [0.3, 0.4) is 0 Å². The lowest BCUT2D eigenvalue weighted by molar-refractivity contribution is -0.147. The van der Waals surface area contributed by atoms with Crippen LogP contribution < -0.4 is 10.6 Å². The van der Waals surface area contributed by atoms with Crippen molar-refractivity contribution in [3.8, 4) is 0 Å². The van der Waals surface area contributed by atoms with Crippen molar-refractivity contribution >= 4 is 35.1 Å². The molecule has 0 saturated carbocycles. The Morgan fingerprint density at radius 3 is 2.23 bits per heavy atom. The molecule has 0 unspecified atom stereocenters. The smallest absolute Gasteiger partial charge is 0.337 e. The number of esters is 2. The van der Waals surface area contributed by atoms with Crippen molar-refractivity contribution in [2.24, 2.45) is 0 Å². The van der Waals surface area contributed by atoms with Gasteiger partial charge in [-0.25, -0.2) is 4.79 Å². The first-order valence-electron chi connectivity index (χ1n) is 9.30. The van der Waals surface area contributed by atoms with E-state index < -0.39 is 30.4 Å². The Hall–Kier alpha value is -3.68. The van der Waals surface area contributed by atoms with Gasteiger partial charge >= 0.3 is 11.9 Å². The number of carbonyl (C=O) groups is 4. The molecule has 0 heterocycles. The highest BCUT2D eigenvalue weighted by molar-refractivity contribution is 5.95. The summed E-state index contributed by atoms with van der Waals surface area (Å²) in [6.07, 6.45) is -0.265. The SMILES string of the molecule is COC(=O)c1ccc(NC(=O)CCC(=O)OCC(=O)Nc2cccc(C)c2C)cc1. The van der Waals surface area contributed by atoms with E-state index in [1.165, 1.54) is 19.2 Å². The van der Waals surface area contributed by atoms with Gasteiger partial charge in [0.1, 0.15) is 0 Å². The minimum Gasteiger partial charge on any atom is -0.465 e. The van der Waals surface area contributed by atoms with Gasteiger partial charge in [-0.3, -0.25) is 14.4 Å². The molecule has 0 saturated heterocycles. The standard InChI is InChI=1S/C22H24N2O6/c1-14-5-4-6-18(15(14)2)24-20(26)13-30-21(27)12-11-19(25)23-17-9-7-16(8-10-17)22(28)29-3/h4-10H,11-13H2,1-3H3,(H,23,25)(H,24,26). The molecule has 0 spiro atoms. The third-order valence-electron chi connectivity index (χ3n) is 4.39. The summed E-state index contributed by atoms with van der Waals surface area (Å²) in [7, 11) is 1.28. The monoisotopic (exact) mass is 412 g/mol. The lowest BCUT2D eigenvalue weighted by Crippen LogP contribution is -2.22. The van der Waals surface area contributed by atoms with Crippen molar-refractivity contribution in [2.45, 2.75) is 26.7 Å². The molecule has 2 aromatic carbocycles. The highest BCUT2D eigenvalue weighted by Gasteiger charge is 2.12. The van der Waals surface area contributed by atoms with Gasteiger partial charge in [0.25, 0.3) is 5.91 Å². The van der Waals surface area contributed by atoms with Crippen molar-refractivity contribution in [2.75, 3.05) is 24.4 Å². The molecule has 2 amide bonds. The number of carbonyl (C=O) groups excluding carboxylic acids is 4. The molecule has 0 radical (unpaired) electrons. The molecule has 0 aliphatic carbocycles. The average molecular weight is 412 g/mol. The lowest BCUT2D eigenvalue weighted by Gasteiger charge is -2.10. The number of rotatable bonds is 8. The predicted molar refractivity (Wildman–Crippen MR) is 111 cm³/mol. The van der Waals surface area contributed by atoms with Crippen molar-refractivity contribution in [3.05, 3.63) is 59.2 Å². The molecule has 0 bridgehead atoms. The van der Waals surface area contributed by atoms with Crippen molar-refractivity contribution in [3.63, 3.8) is 0 Å². The Morgan fingerprint density at radius 1 is 0.867 bits per heavy atom. The first-order valence-corrected chi connectivity index (χ1v) is 9.30. The Bertz CT molecular complexity index is 937. The fraction of sp³-hybridized carbons (Fsp3) is 0.273. The van der Waals surface area contributed by atoms with Crippen molar-refractivity contribution < 1.29 is 28.7 Å². The third kappa shape index (κ3) is 6.73. The number of benzene rings is 2. The van der Waals surface area contributed by atoms with E-state index in [1.54, 1.807) is 18.2 Å². The van der Waals surface area contributed by atoms with Crippen LogP contribution in [0.4, 0.5) is 11.4 Å². The van der Waals surface area contributed by atoms with Crippen LogP contribution in [0.2, 0.25) is 0 Å². The molecular weight excluding hydrogens is 388 g/mol. The first kappa shape index (κ1) is 22.6. The fourth-order valence-corrected chi connectivity index (χ4v) is 2.54. The summed E-state index contributed by atoms with van der Waals surface area (Å²) in [6.45, 7) is 3.39. The zero-order chi connectivity index (χ0) is 22.1. The van der Waals surface area contributed by atoms with Gasteiger partial charge in [0.15, 0.2) is 6.61 Å². The van der Waals surface area contributed by atoms with E-state index in [0.717, 1.165) is 11.1 Å². The molecule has 30 heavy (non-hydrogen) atoms. The molecule has 2 N–H and O–H groups in total. The molecule has 158 valence electrons. The van der Waals surface area contributed by atoms with Crippen LogP contribution in [0, 0.1) is 13.8 Å². The van der Waals surface area contributed by atoms with Crippen LogP contribution in [-0.4, -0.2) is 37.5 Å². The molecule has 0 atom stereocenters. The Balaban J connectivity index is 1.72. The fourth-order valence-electron chi connectivity index (χ4n) is 2.54. The maximum Gasteiger partial charge on any atom is 0.337 e. The second-order valence-electron chi connectivity index (χ2n) is 6.57. The van der Waals surface area contributed by atoms with Gasteiger partial charge in [-0.1, -0.05) is 12.1 Å². The van der Waals surface area contributed by atoms with Crippen LogP contribution in [-0.2, 0) is 23.9 Å². The third-order valence-corrected chi connectivity index (χ3v) is 4.39. The molecule has 2 rings (SSSR count). The zero-order valence-electron chi connectivity index (χ0n) is 17.1. The number of aryl methyl sites for hydroxylation is 1. The maximum atomic E-state index is 12.0. The molecule has 0 aliphatic heterocycles. The average Bonchev–Trinajstić information content (AvgIpc) is 2.74. The summed E-state index contributed by atoms with van der Waals surface area (Å²) in [5.41, 5.74) is 3.48. The topological polar surface area (TPSA) is 111 Å². The van der Waals surface area contributed by atoms with E-state index in [2.05, 4.69) is 15.4 Å². The Labute approximate surface area is 174 Å². The number of nitrogens with one attached hydrogen (secondary N) is 2. The second-order valence-corrected chi connectivity index (χ2v) is 6.57. The van der Waals surface area contributed by atoms with Gasteiger partial charge in [-0.15, -0.1) is 0 Å². The minimum absolute atomic E-state index is 0.101. The Kier molecular flexibility index (Phi) is 8.10. The summed E-state index contributed by atoms with van der Waals surface area (Å²) in [5.74, 6) is -1.97. The highest BCUT2D eigenvalue weighted by Crippen LogP contribution is 2.17. The van der Waals surface area contributed by atoms with Crippen LogP contribution in [0.25, 0.3) is 0 Å².